The molecule has 1 atom stereocenters. The highest BCUT2D eigenvalue weighted by Crippen LogP contribution is 2.23. The Kier molecular flexibility index (Phi) is 6.08. The first-order valence-corrected chi connectivity index (χ1v) is 8.62. The van der Waals surface area contributed by atoms with E-state index in [1.807, 2.05) is 0 Å². The molecule has 0 spiro atoms. The lowest BCUT2D eigenvalue weighted by Crippen LogP contribution is -2.50. The molecule has 2 heterocycles. The maximum Gasteiger partial charge on any atom is 0.0863 e. The molecule has 2 rings (SSSR count). The summed E-state index contributed by atoms with van der Waals surface area (Å²) in [5.74, 6) is 0.735. The van der Waals surface area contributed by atoms with Crippen LogP contribution in [0.15, 0.2) is 0 Å². The van der Waals surface area contributed by atoms with Gasteiger partial charge in [0.05, 0.1) is 16.4 Å². The lowest BCUT2D eigenvalue weighted by molar-refractivity contribution is 0.175. The van der Waals surface area contributed by atoms with Gasteiger partial charge in [0.25, 0.3) is 0 Å². The second-order valence-electron chi connectivity index (χ2n) is 6.39. The van der Waals surface area contributed by atoms with Crippen molar-refractivity contribution in [2.75, 3.05) is 19.6 Å². The summed E-state index contributed by atoms with van der Waals surface area (Å²) in [5.41, 5.74) is 2.21. The van der Waals surface area contributed by atoms with E-state index in [4.69, 9.17) is 11.6 Å². The van der Waals surface area contributed by atoms with Crippen molar-refractivity contribution >= 4 is 11.6 Å². The van der Waals surface area contributed by atoms with Gasteiger partial charge >= 0.3 is 0 Å². The third-order valence-electron chi connectivity index (χ3n) is 4.16. The van der Waals surface area contributed by atoms with Crippen LogP contribution in [0, 0.1) is 5.92 Å². The van der Waals surface area contributed by atoms with Crippen LogP contribution in [0.5, 0.6) is 0 Å². The number of piperazine rings is 1. The van der Waals surface area contributed by atoms with Crippen LogP contribution in [0.3, 0.4) is 0 Å². The Morgan fingerprint density at radius 2 is 2.14 bits per heavy atom. The fourth-order valence-electron chi connectivity index (χ4n) is 3.14. The monoisotopic (exact) mass is 312 g/mol. The maximum atomic E-state index is 6.52. The predicted octanol–water partition coefficient (Wildman–Crippen LogP) is 2.94. The van der Waals surface area contributed by atoms with Crippen molar-refractivity contribution in [2.45, 2.75) is 59.7 Å². The smallest absolute Gasteiger partial charge is 0.0863 e. The summed E-state index contributed by atoms with van der Waals surface area (Å²) in [5, 5.41) is 9.12. The van der Waals surface area contributed by atoms with Crippen LogP contribution < -0.4 is 5.32 Å². The minimum absolute atomic E-state index is 0.598. The molecule has 0 saturated carbocycles. The molecule has 1 unspecified atom stereocenters. The zero-order valence-corrected chi connectivity index (χ0v) is 14.6. The Hall–Kier alpha value is -0.580. The number of rotatable bonds is 6. The minimum atomic E-state index is 0.598. The second kappa shape index (κ2) is 7.61. The van der Waals surface area contributed by atoms with Gasteiger partial charge < -0.3 is 5.32 Å². The predicted molar refractivity (Wildman–Crippen MR) is 88.8 cm³/mol. The minimum Gasteiger partial charge on any atom is -0.311 e. The van der Waals surface area contributed by atoms with Gasteiger partial charge in [-0.05, 0) is 25.7 Å². The molecule has 1 aliphatic rings. The summed E-state index contributed by atoms with van der Waals surface area (Å²) in [6, 6.07) is 0.598. The summed E-state index contributed by atoms with van der Waals surface area (Å²) in [4.78, 5) is 2.51. The van der Waals surface area contributed by atoms with Crippen molar-refractivity contribution < 1.29 is 0 Å². The van der Waals surface area contributed by atoms with Crippen LogP contribution in [-0.2, 0) is 19.5 Å². The van der Waals surface area contributed by atoms with Gasteiger partial charge in [0, 0.05) is 38.8 Å². The quantitative estimate of drug-likeness (QED) is 0.876. The summed E-state index contributed by atoms with van der Waals surface area (Å²) in [6.45, 7) is 13.9. The van der Waals surface area contributed by atoms with Crippen LogP contribution in [0.1, 0.15) is 45.5 Å². The first-order chi connectivity index (χ1) is 10.0. The van der Waals surface area contributed by atoms with Crippen LogP contribution in [0.2, 0.25) is 5.02 Å². The summed E-state index contributed by atoms with van der Waals surface area (Å²) < 4.78 is 2.07. The van der Waals surface area contributed by atoms with Crippen LogP contribution in [0.4, 0.5) is 0 Å². The molecule has 0 bridgehead atoms. The van der Waals surface area contributed by atoms with E-state index in [1.165, 1.54) is 12.1 Å². The number of hydrogen-bond donors (Lipinski definition) is 1. The van der Waals surface area contributed by atoms with Crippen LogP contribution in [-0.4, -0.2) is 40.4 Å². The molecule has 1 aromatic rings. The van der Waals surface area contributed by atoms with E-state index in [2.05, 4.69) is 47.7 Å². The summed E-state index contributed by atoms with van der Waals surface area (Å²) >= 11 is 6.52. The highest BCUT2D eigenvalue weighted by molar-refractivity contribution is 6.31. The third kappa shape index (κ3) is 4.21. The molecular formula is C16H29ClN4. The fourth-order valence-corrected chi connectivity index (χ4v) is 3.47. The van der Waals surface area contributed by atoms with Crippen LogP contribution >= 0.6 is 11.6 Å². The summed E-state index contributed by atoms with van der Waals surface area (Å²) in [7, 11) is 0. The SMILES string of the molecule is CCc1nn(CC)c(CN2CCNC(CC(C)C)C2)c1Cl. The van der Waals surface area contributed by atoms with E-state index >= 15 is 0 Å². The van der Waals surface area contributed by atoms with E-state index in [0.717, 1.165) is 55.8 Å². The molecule has 21 heavy (non-hydrogen) atoms. The van der Waals surface area contributed by atoms with Crippen LogP contribution in [0.25, 0.3) is 0 Å². The first kappa shape index (κ1) is 16.8. The number of hydrogen-bond acceptors (Lipinski definition) is 3. The van der Waals surface area contributed by atoms with E-state index in [0.29, 0.717) is 6.04 Å². The molecule has 1 aromatic heterocycles. The number of aromatic nitrogens is 2. The van der Waals surface area contributed by atoms with Crippen molar-refractivity contribution in [1.82, 2.24) is 20.0 Å². The lowest BCUT2D eigenvalue weighted by Gasteiger charge is -2.34. The Morgan fingerprint density at radius 1 is 1.38 bits per heavy atom. The average molecular weight is 313 g/mol. The van der Waals surface area contributed by atoms with E-state index < -0.39 is 0 Å². The Labute approximate surface area is 133 Å². The van der Waals surface area contributed by atoms with Gasteiger partial charge in [-0.15, -0.1) is 0 Å². The van der Waals surface area contributed by atoms with Crippen molar-refractivity contribution in [3.05, 3.63) is 16.4 Å². The van der Waals surface area contributed by atoms with Crippen molar-refractivity contribution in [1.29, 1.82) is 0 Å². The Balaban J connectivity index is 2.05. The van der Waals surface area contributed by atoms with Gasteiger partial charge in [-0.3, -0.25) is 9.58 Å². The molecule has 0 amide bonds. The number of nitrogens with one attached hydrogen (secondary N) is 1. The Morgan fingerprint density at radius 3 is 2.76 bits per heavy atom. The van der Waals surface area contributed by atoms with Gasteiger partial charge in [0.2, 0.25) is 0 Å². The highest BCUT2D eigenvalue weighted by Gasteiger charge is 2.23. The molecular weight excluding hydrogens is 284 g/mol. The highest BCUT2D eigenvalue weighted by atomic mass is 35.5. The second-order valence-corrected chi connectivity index (χ2v) is 6.77. The van der Waals surface area contributed by atoms with Gasteiger partial charge in [-0.25, -0.2) is 0 Å². The molecule has 5 heteroatoms. The van der Waals surface area contributed by atoms with Crippen molar-refractivity contribution in [3.8, 4) is 0 Å². The molecule has 0 aliphatic carbocycles. The zero-order chi connectivity index (χ0) is 15.4. The standard InChI is InChI=1S/C16H29ClN4/c1-5-14-16(17)15(21(6-2)19-14)11-20-8-7-18-13(10-20)9-12(3)4/h12-13,18H,5-11H2,1-4H3. The average Bonchev–Trinajstić information content (AvgIpc) is 2.75. The molecule has 0 radical (unpaired) electrons. The molecule has 1 aliphatic heterocycles. The maximum absolute atomic E-state index is 6.52. The number of halogens is 1. The van der Waals surface area contributed by atoms with E-state index in [-0.39, 0.29) is 0 Å². The number of nitrogens with zero attached hydrogens (tertiary/aromatic N) is 3. The van der Waals surface area contributed by atoms with Gasteiger partial charge in [0.15, 0.2) is 0 Å². The number of aryl methyl sites for hydroxylation is 2. The first-order valence-electron chi connectivity index (χ1n) is 8.24. The van der Waals surface area contributed by atoms with Gasteiger partial charge in [-0.2, -0.15) is 5.10 Å². The lowest BCUT2D eigenvalue weighted by atomic mass is 10.0. The fraction of sp³-hybridized carbons (Fsp3) is 0.812. The molecule has 1 saturated heterocycles. The van der Waals surface area contributed by atoms with Crippen molar-refractivity contribution in [3.63, 3.8) is 0 Å². The zero-order valence-electron chi connectivity index (χ0n) is 13.8. The molecule has 120 valence electrons. The molecule has 1 fully saturated rings. The van der Waals surface area contributed by atoms with Gasteiger partial charge in [0.1, 0.15) is 0 Å². The largest absolute Gasteiger partial charge is 0.311 e. The summed E-state index contributed by atoms with van der Waals surface area (Å²) in [6.07, 6.45) is 2.13. The molecule has 0 aromatic carbocycles. The third-order valence-corrected chi connectivity index (χ3v) is 4.60. The van der Waals surface area contributed by atoms with E-state index in [1.54, 1.807) is 0 Å². The van der Waals surface area contributed by atoms with E-state index in [9.17, 15) is 0 Å². The van der Waals surface area contributed by atoms with Crippen molar-refractivity contribution in [2.24, 2.45) is 5.92 Å². The van der Waals surface area contributed by atoms with Gasteiger partial charge in [-0.1, -0.05) is 32.4 Å². The Bertz CT molecular complexity index is 455. The molecule has 1 N–H and O–H groups in total. The normalized spacial score (nSPS) is 20.4. The molecule has 4 nitrogen and oxygen atoms in total. The topological polar surface area (TPSA) is 33.1 Å².